The molecule has 0 bridgehead atoms. The maximum Gasteiger partial charge on any atom is 0.339 e. The Balaban J connectivity index is 2.88. The molecule has 0 aliphatic rings. The molecule has 1 aromatic carbocycles. The molecule has 0 atom stereocenters. The molecular formula is C14H21NO3. The predicted molar refractivity (Wildman–Crippen MR) is 72.6 cm³/mol. The minimum Gasteiger partial charge on any atom is -0.493 e. The van der Waals surface area contributed by atoms with Gasteiger partial charge in [0.15, 0.2) is 0 Å². The van der Waals surface area contributed by atoms with Gasteiger partial charge in [-0.25, -0.2) is 4.79 Å². The van der Waals surface area contributed by atoms with Crippen molar-refractivity contribution in [3.05, 3.63) is 23.8 Å². The van der Waals surface area contributed by atoms with Gasteiger partial charge in [-0.15, -0.1) is 0 Å². The second-order valence-electron chi connectivity index (χ2n) is 4.52. The average Bonchev–Trinajstić information content (AvgIpc) is 2.28. The number of nitrogens with one attached hydrogen (secondary N) is 1. The highest BCUT2D eigenvalue weighted by atomic mass is 16.5. The number of ether oxygens (including phenoxy) is 1. The minimum atomic E-state index is -0.961. The van der Waals surface area contributed by atoms with Crippen LogP contribution in [-0.4, -0.2) is 23.7 Å². The van der Waals surface area contributed by atoms with Gasteiger partial charge in [-0.1, -0.05) is 13.3 Å². The van der Waals surface area contributed by atoms with Crippen molar-refractivity contribution in [2.24, 2.45) is 0 Å². The van der Waals surface area contributed by atoms with Crippen molar-refractivity contribution in [1.82, 2.24) is 0 Å². The molecule has 0 amide bonds. The molecule has 0 aliphatic carbocycles. The van der Waals surface area contributed by atoms with Crippen molar-refractivity contribution in [3.63, 3.8) is 0 Å². The molecule has 18 heavy (non-hydrogen) atoms. The van der Waals surface area contributed by atoms with Crippen molar-refractivity contribution in [2.45, 2.75) is 39.7 Å². The Labute approximate surface area is 108 Å². The van der Waals surface area contributed by atoms with Crippen LogP contribution in [0.5, 0.6) is 5.75 Å². The van der Waals surface area contributed by atoms with E-state index in [1.54, 1.807) is 18.2 Å². The van der Waals surface area contributed by atoms with Crippen molar-refractivity contribution in [2.75, 3.05) is 11.9 Å². The van der Waals surface area contributed by atoms with Gasteiger partial charge in [-0.3, -0.25) is 0 Å². The third kappa shape index (κ3) is 4.28. The van der Waals surface area contributed by atoms with Gasteiger partial charge in [0.2, 0.25) is 0 Å². The number of benzene rings is 1. The summed E-state index contributed by atoms with van der Waals surface area (Å²) in [6, 6.07) is 5.38. The second-order valence-corrected chi connectivity index (χ2v) is 4.52. The molecule has 0 aromatic heterocycles. The van der Waals surface area contributed by atoms with Crippen LogP contribution in [0.3, 0.4) is 0 Å². The van der Waals surface area contributed by atoms with Crippen LogP contribution in [0, 0.1) is 0 Å². The Morgan fingerprint density at radius 3 is 2.72 bits per heavy atom. The van der Waals surface area contributed by atoms with Crippen LogP contribution in [0.2, 0.25) is 0 Å². The minimum absolute atomic E-state index is 0.209. The van der Waals surface area contributed by atoms with Gasteiger partial charge < -0.3 is 15.2 Å². The number of anilines is 1. The maximum atomic E-state index is 11.1. The van der Waals surface area contributed by atoms with Crippen LogP contribution >= 0.6 is 0 Å². The van der Waals surface area contributed by atoms with Crippen LogP contribution < -0.4 is 10.1 Å². The van der Waals surface area contributed by atoms with Gasteiger partial charge in [-0.2, -0.15) is 0 Å². The van der Waals surface area contributed by atoms with E-state index < -0.39 is 5.97 Å². The predicted octanol–water partition coefficient (Wildman–Crippen LogP) is 3.38. The summed E-state index contributed by atoms with van der Waals surface area (Å²) in [4.78, 5) is 11.1. The van der Waals surface area contributed by atoms with Gasteiger partial charge in [0, 0.05) is 17.8 Å². The van der Waals surface area contributed by atoms with E-state index in [-0.39, 0.29) is 5.56 Å². The van der Waals surface area contributed by atoms with E-state index in [2.05, 4.69) is 12.2 Å². The summed E-state index contributed by atoms with van der Waals surface area (Å²) < 4.78 is 5.54. The first kappa shape index (κ1) is 14.4. The molecule has 0 saturated carbocycles. The molecule has 0 spiro atoms. The zero-order chi connectivity index (χ0) is 13.5. The smallest absolute Gasteiger partial charge is 0.339 e. The SMILES string of the molecule is CCCCOc1cc(NC(C)C)ccc1C(=O)O. The molecule has 100 valence electrons. The summed E-state index contributed by atoms with van der Waals surface area (Å²) in [6.07, 6.45) is 1.94. The number of hydrogen-bond donors (Lipinski definition) is 2. The van der Waals surface area contributed by atoms with Gasteiger partial charge in [-0.05, 0) is 32.4 Å². The number of carbonyl (C=O) groups is 1. The lowest BCUT2D eigenvalue weighted by atomic mass is 10.1. The van der Waals surface area contributed by atoms with E-state index in [9.17, 15) is 4.79 Å². The fourth-order valence-electron chi connectivity index (χ4n) is 1.57. The molecule has 4 nitrogen and oxygen atoms in total. The molecular weight excluding hydrogens is 230 g/mol. The fourth-order valence-corrected chi connectivity index (χ4v) is 1.57. The van der Waals surface area contributed by atoms with Crippen molar-refractivity contribution in [1.29, 1.82) is 0 Å². The molecule has 0 unspecified atom stereocenters. The van der Waals surface area contributed by atoms with Crippen LogP contribution in [0.4, 0.5) is 5.69 Å². The highest BCUT2D eigenvalue weighted by Crippen LogP contribution is 2.24. The summed E-state index contributed by atoms with van der Waals surface area (Å²) in [5.74, 6) is -0.529. The molecule has 0 heterocycles. The van der Waals surface area contributed by atoms with Gasteiger partial charge in [0.05, 0.1) is 6.61 Å². The maximum absolute atomic E-state index is 11.1. The van der Waals surface area contributed by atoms with E-state index in [1.165, 1.54) is 0 Å². The van der Waals surface area contributed by atoms with E-state index in [0.717, 1.165) is 18.5 Å². The zero-order valence-corrected chi connectivity index (χ0v) is 11.2. The van der Waals surface area contributed by atoms with Gasteiger partial charge in [0.25, 0.3) is 0 Å². The first-order valence-corrected chi connectivity index (χ1v) is 6.31. The Morgan fingerprint density at radius 1 is 1.44 bits per heavy atom. The zero-order valence-electron chi connectivity index (χ0n) is 11.2. The summed E-state index contributed by atoms with van der Waals surface area (Å²) >= 11 is 0. The molecule has 0 saturated heterocycles. The molecule has 1 rings (SSSR count). The van der Waals surface area contributed by atoms with Gasteiger partial charge in [0.1, 0.15) is 11.3 Å². The Bertz CT molecular complexity index is 402. The first-order chi connectivity index (χ1) is 8.54. The lowest BCUT2D eigenvalue weighted by Crippen LogP contribution is -2.11. The first-order valence-electron chi connectivity index (χ1n) is 6.31. The van der Waals surface area contributed by atoms with E-state index in [4.69, 9.17) is 9.84 Å². The fraction of sp³-hybridized carbons (Fsp3) is 0.500. The lowest BCUT2D eigenvalue weighted by molar-refractivity contribution is 0.0692. The number of carboxylic acids is 1. The quantitative estimate of drug-likeness (QED) is 0.729. The summed E-state index contributed by atoms with van der Waals surface area (Å²) in [5.41, 5.74) is 1.09. The van der Waals surface area contributed by atoms with Crippen LogP contribution in [-0.2, 0) is 0 Å². The van der Waals surface area contributed by atoms with Crippen LogP contribution in [0.1, 0.15) is 44.0 Å². The molecule has 1 aromatic rings. The molecule has 4 heteroatoms. The largest absolute Gasteiger partial charge is 0.493 e. The van der Waals surface area contributed by atoms with E-state index in [1.807, 2.05) is 13.8 Å². The highest BCUT2D eigenvalue weighted by molar-refractivity contribution is 5.91. The number of rotatable bonds is 7. The average molecular weight is 251 g/mol. The molecule has 0 radical (unpaired) electrons. The molecule has 0 fully saturated rings. The topological polar surface area (TPSA) is 58.6 Å². The Morgan fingerprint density at radius 2 is 2.17 bits per heavy atom. The third-order valence-electron chi connectivity index (χ3n) is 2.42. The van der Waals surface area contributed by atoms with E-state index >= 15 is 0 Å². The van der Waals surface area contributed by atoms with Crippen molar-refractivity contribution in [3.8, 4) is 5.75 Å². The monoisotopic (exact) mass is 251 g/mol. The summed E-state index contributed by atoms with van der Waals surface area (Å²) in [6.45, 7) is 6.67. The van der Waals surface area contributed by atoms with Crippen LogP contribution in [0.15, 0.2) is 18.2 Å². The van der Waals surface area contributed by atoms with Crippen molar-refractivity contribution >= 4 is 11.7 Å². The number of hydrogen-bond acceptors (Lipinski definition) is 3. The normalized spacial score (nSPS) is 10.4. The Hall–Kier alpha value is -1.71. The van der Waals surface area contributed by atoms with E-state index in [0.29, 0.717) is 18.4 Å². The Kier molecular flexibility index (Phi) is 5.49. The third-order valence-corrected chi connectivity index (χ3v) is 2.42. The highest BCUT2D eigenvalue weighted by Gasteiger charge is 2.12. The molecule has 2 N–H and O–H groups in total. The number of unbranched alkanes of at least 4 members (excludes halogenated alkanes) is 1. The van der Waals surface area contributed by atoms with Crippen LogP contribution in [0.25, 0.3) is 0 Å². The van der Waals surface area contributed by atoms with Gasteiger partial charge >= 0.3 is 5.97 Å². The lowest BCUT2D eigenvalue weighted by Gasteiger charge is -2.14. The number of carboxylic acid groups (broad SMARTS) is 1. The van der Waals surface area contributed by atoms with Crippen molar-refractivity contribution < 1.29 is 14.6 Å². The second kappa shape index (κ2) is 6.89. The standard InChI is InChI=1S/C14H21NO3/c1-4-5-8-18-13-9-11(15-10(2)3)6-7-12(13)14(16)17/h6-7,9-10,15H,4-5,8H2,1-3H3,(H,16,17). The summed E-state index contributed by atoms with van der Waals surface area (Å²) in [7, 11) is 0. The summed E-state index contributed by atoms with van der Waals surface area (Å²) in [5, 5.41) is 12.3. The molecule has 0 aliphatic heterocycles. The number of aromatic carboxylic acids is 1.